The second kappa shape index (κ2) is 8.60. The van der Waals surface area contributed by atoms with Gasteiger partial charge >= 0.3 is 11.9 Å². The number of carbonyl (C=O) groups excluding carboxylic acids is 3. The minimum absolute atomic E-state index is 0.0106. The summed E-state index contributed by atoms with van der Waals surface area (Å²) in [6.45, 7) is 1.80. The molecule has 1 amide bonds. The summed E-state index contributed by atoms with van der Waals surface area (Å²) < 4.78 is 9.62. The van der Waals surface area contributed by atoms with Crippen molar-refractivity contribution >= 4 is 17.8 Å². The first-order chi connectivity index (χ1) is 11.9. The number of methoxy groups -OCH3 is 1. The molecule has 1 aromatic heterocycles. The number of rotatable bonds is 5. The van der Waals surface area contributed by atoms with Crippen LogP contribution in [-0.2, 0) is 14.3 Å². The Bertz CT molecular complexity index is 646. The molecule has 25 heavy (non-hydrogen) atoms. The summed E-state index contributed by atoms with van der Waals surface area (Å²) in [7, 11) is 2.98. The lowest BCUT2D eigenvalue weighted by Gasteiger charge is -2.36. The number of esters is 2. The molecule has 0 N–H and O–H groups in total. The Hall–Kier alpha value is -2.44. The SMILES string of the molecule is COC(=O)c1cccc(C(=O)OCC(=O)N(C)[C@H]2CCCC[C@H]2C)n1. The van der Waals surface area contributed by atoms with Crippen LogP contribution in [0, 0.1) is 5.92 Å². The number of amides is 1. The van der Waals surface area contributed by atoms with E-state index in [0.29, 0.717) is 5.92 Å². The molecule has 1 saturated carbocycles. The van der Waals surface area contributed by atoms with Gasteiger partial charge in [0.2, 0.25) is 0 Å². The molecule has 7 heteroatoms. The lowest BCUT2D eigenvalue weighted by molar-refractivity contribution is -0.136. The van der Waals surface area contributed by atoms with Gasteiger partial charge in [-0.15, -0.1) is 0 Å². The number of likely N-dealkylation sites (N-methyl/N-ethyl adjacent to an activating group) is 1. The Balaban J connectivity index is 1.93. The third-order valence-corrected chi connectivity index (χ3v) is 4.64. The normalized spacial score (nSPS) is 19.8. The van der Waals surface area contributed by atoms with Gasteiger partial charge in [-0.1, -0.05) is 25.8 Å². The Kier molecular flexibility index (Phi) is 6.50. The van der Waals surface area contributed by atoms with E-state index in [1.54, 1.807) is 11.9 Å². The van der Waals surface area contributed by atoms with E-state index >= 15 is 0 Å². The predicted molar refractivity (Wildman–Crippen MR) is 90.0 cm³/mol. The maximum atomic E-state index is 12.3. The van der Waals surface area contributed by atoms with Crippen molar-refractivity contribution in [2.24, 2.45) is 5.92 Å². The van der Waals surface area contributed by atoms with Crippen LogP contribution in [0.5, 0.6) is 0 Å². The standard InChI is InChI=1S/C18H24N2O5/c1-12-7-4-5-10-15(12)20(2)16(21)11-25-18(23)14-9-6-8-13(19-14)17(22)24-3/h6,8-9,12,15H,4-5,7,10-11H2,1-3H3/t12-,15+/m1/s1. The Morgan fingerprint density at radius 2 is 1.80 bits per heavy atom. The van der Waals surface area contributed by atoms with E-state index in [-0.39, 0.29) is 29.9 Å². The first-order valence-electron chi connectivity index (χ1n) is 8.42. The van der Waals surface area contributed by atoms with Crippen molar-refractivity contribution in [1.29, 1.82) is 0 Å². The average Bonchev–Trinajstić information content (AvgIpc) is 2.65. The fraction of sp³-hybridized carbons (Fsp3) is 0.556. The summed E-state index contributed by atoms with van der Waals surface area (Å²) in [4.78, 5) is 41.4. The van der Waals surface area contributed by atoms with Crippen molar-refractivity contribution in [3.05, 3.63) is 29.6 Å². The average molecular weight is 348 g/mol. The van der Waals surface area contributed by atoms with Gasteiger partial charge in [0.15, 0.2) is 6.61 Å². The molecule has 0 unspecified atom stereocenters. The van der Waals surface area contributed by atoms with Crippen LogP contribution in [-0.4, -0.2) is 54.5 Å². The predicted octanol–water partition coefficient (Wildman–Crippen LogP) is 2.06. The van der Waals surface area contributed by atoms with Crippen LogP contribution in [0.3, 0.4) is 0 Å². The molecule has 0 saturated heterocycles. The van der Waals surface area contributed by atoms with Crippen molar-refractivity contribution in [2.75, 3.05) is 20.8 Å². The molecule has 0 bridgehead atoms. The van der Waals surface area contributed by atoms with E-state index < -0.39 is 11.9 Å². The molecule has 0 radical (unpaired) electrons. The maximum absolute atomic E-state index is 12.3. The Labute approximate surface area is 147 Å². The molecule has 1 heterocycles. The largest absolute Gasteiger partial charge is 0.464 e. The topological polar surface area (TPSA) is 85.8 Å². The van der Waals surface area contributed by atoms with Crippen LogP contribution in [0.4, 0.5) is 0 Å². The van der Waals surface area contributed by atoms with Gasteiger partial charge in [-0.05, 0) is 30.9 Å². The lowest BCUT2D eigenvalue weighted by atomic mass is 9.85. The summed E-state index contributed by atoms with van der Waals surface area (Å²) in [6.07, 6.45) is 4.37. The number of carbonyl (C=O) groups is 3. The minimum atomic E-state index is -0.746. The molecule has 0 aromatic carbocycles. The molecule has 136 valence electrons. The van der Waals surface area contributed by atoms with Gasteiger partial charge in [0, 0.05) is 13.1 Å². The smallest absolute Gasteiger partial charge is 0.357 e. The monoisotopic (exact) mass is 348 g/mol. The number of hydrogen-bond acceptors (Lipinski definition) is 6. The molecule has 0 spiro atoms. The Morgan fingerprint density at radius 3 is 2.44 bits per heavy atom. The van der Waals surface area contributed by atoms with E-state index in [1.165, 1.54) is 31.7 Å². The maximum Gasteiger partial charge on any atom is 0.357 e. The minimum Gasteiger partial charge on any atom is -0.464 e. The van der Waals surface area contributed by atoms with E-state index in [1.807, 2.05) is 0 Å². The zero-order chi connectivity index (χ0) is 18.4. The molecule has 7 nitrogen and oxygen atoms in total. The summed E-state index contributed by atoms with van der Waals surface area (Å²) in [5, 5.41) is 0. The molecule has 1 fully saturated rings. The van der Waals surface area contributed by atoms with Crippen LogP contribution in [0.2, 0.25) is 0 Å². The molecular formula is C18H24N2O5. The van der Waals surface area contributed by atoms with Crippen LogP contribution >= 0.6 is 0 Å². The summed E-state index contributed by atoms with van der Waals surface area (Å²) in [6, 6.07) is 4.55. The van der Waals surface area contributed by atoms with Crippen molar-refractivity contribution in [2.45, 2.75) is 38.6 Å². The van der Waals surface area contributed by atoms with Gasteiger partial charge in [-0.2, -0.15) is 0 Å². The highest BCUT2D eigenvalue weighted by molar-refractivity contribution is 5.92. The second-order valence-corrected chi connectivity index (χ2v) is 6.31. The summed E-state index contributed by atoms with van der Waals surface area (Å²) in [5.41, 5.74) is -0.0270. The van der Waals surface area contributed by atoms with Crippen molar-refractivity contribution in [3.63, 3.8) is 0 Å². The van der Waals surface area contributed by atoms with Gasteiger partial charge in [-0.3, -0.25) is 4.79 Å². The van der Waals surface area contributed by atoms with Crippen LogP contribution in [0.15, 0.2) is 18.2 Å². The first kappa shape index (κ1) is 18.9. The van der Waals surface area contributed by atoms with Gasteiger partial charge < -0.3 is 14.4 Å². The zero-order valence-electron chi connectivity index (χ0n) is 14.9. The Morgan fingerprint density at radius 1 is 1.16 bits per heavy atom. The fourth-order valence-electron chi connectivity index (χ4n) is 3.13. The number of hydrogen-bond donors (Lipinski definition) is 0. The molecular weight excluding hydrogens is 324 g/mol. The third kappa shape index (κ3) is 4.78. The molecule has 2 rings (SSSR count). The van der Waals surface area contributed by atoms with Gasteiger partial charge in [0.25, 0.3) is 5.91 Å². The molecule has 1 aliphatic carbocycles. The molecule has 2 atom stereocenters. The third-order valence-electron chi connectivity index (χ3n) is 4.64. The van der Waals surface area contributed by atoms with Crippen LogP contribution in [0.25, 0.3) is 0 Å². The highest BCUT2D eigenvalue weighted by atomic mass is 16.5. The number of ether oxygens (including phenoxy) is 2. The summed E-state index contributed by atoms with van der Waals surface area (Å²) in [5.74, 6) is -1.19. The van der Waals surface area contributed by atoms with Gasteiger partial charge in [-0.25, -0.2) is 14.6 Å². The molecule has 1 aliphatic rings. The second-order valence-electron chi connectivity index (χ2n) is 6.31. The number of aromatic nitrogens is 1. The van der Waals surface area contributed by atoms with Gasteiger partial charge in [0.1, 0.15) is 11.4 Å². The van der Waals surface area contributed by atoms with E-state index in [4.69, 9.17) is 4.74 Å². The van der Waals surface area contributed by atoms with Crippen LogP contribution in [0.1, 0.15) is 53.6 Å². The van der Waals surface area contributed by atoms with E-state index in [0.717, 1.165) is 19.3 Å². The van der Waals surface area contributed by atoms with Gasteiger partial charge in [0.05, 0.1) is 7.11 Å². The number of pyridine rings is 1. The molecule has 1 aromatic rings. The van der Waals surface area contributed by atoms with Crippen molar-refractivity contribution in [1.82, 2.24) is 9.88 Å². The first-order valence-corrected chi connectivity index (χ1v) is 8.42. The summed E-state index contributed by atoms with van der Waals surface area (Å²) >= 11 is 0. The van der Waals surface area contributed by atoms with Crippen molar-refractivity contribution < 1.29 is 23.9 Å². The van der Waals surface area contributed by atoms with Crippen molar-refractivity contribution in [3.8, 4) is 0 Å². The molecule has 0 aliphatic heterocycles. The van der Waals surface area contributed by atoms with E-state index in [9.17, 15) is 14.4 Å². The lowest BCUT2D eigenvalue weighted by Crippen LogP contribution is -2.44. The number of nitrogens with zero attached hydrogens (tertiary/aromatic N) is 2. The zero-order valence-corrected chi connectivity index (χ0v) is 14.9. The highest BCUT2D eigenvalue weighted by Gasteiger charge is 2.28. The quantitative estimate of drug-likeness (QED) is 0.757. The highest BCUT2D eigenvalue weighted by Crippen LogP contribution is 2.27. The van der Waals surface area contributed by atoms with E-state index in [2.05, 4.69) is 16.6 Å². The van der Waals surface area contributed by atoms with Crippen LogP contribution < -0.4 is 0 Å². The fourth-order valence-corrected chi connectivity index (χ4v) is 3.13.